The lowest BCUT2D eigenvalue weighted by Crippen LogP contribution is -2.49. The van der Waals surface area contributed by atoms with E-state index in [1.54, 1.807) is 13.8 Å². The Morgan fingerprint density at radius 3 is 2.59 bits per heavy atom. The molecule has 2 aromatic rings. The average Bonchev–Trinajstić information content (AvgIpc) is 3.31. The number of anilines is 1. The quantitative estimate of drug-likeness (QED) is 0.145. The second kappa shape index (κ2) is 16.3. The van der Waals surface area contributed by atoms with E-state index in [0.717, 1.165) is 25.8 Å². The molecule has 14 heteroatoms. The van der Waals surface area contributed by atoms with Crippen LogP contribution in [0.3, 0.4) is 0 Å². The Morgan fingerprint density at radius 2 is 1.95 bits per heavy atom. The van der Waals surface area contributed by atoms with E-state index in [4.69, 9.17) is 0 Å². The van der Waals surface area contributed by atoms with Gasteiger partial charge in [0.2, 0.25) is 5.91 Å². The summed E-state index contributed by atoms with van der Waals surface area (Å²) in [5.41, 5.74) is 0.507. The number of carbonyl (C=O) groups excluding carboxylic acids is 2. The first-order valence-electron chi connectivity index (χ1n) is 13.2. The number of unbranched alkanes of at least 4 members (excludes halogenated alkanes) is 3. The van der Waals surface area contributed by atoms with E-state index in [0.29, 0.717) is 18.1 Å². The molecular formula is C25H40N8O6. The first-order chi connectivity index (χ1) is 18.7. The van der Waals surface area contributed by atoms with E-state index in [1.807, 2.05) is 11.9 Å². The van der Waals surface area contributed by atoms with Crippen molar-refractivity contribution in [1.82, 2.24) is 35.4 Å². The number of hydrogen-bond acceptors (Lipinski definition) is 11. The van der Waals surface area contributed by atoms with Gasteiger partial charge in [-0.3, -0.25) is 34.0 Å². The summed E-state index contributed by atoms with van der Waals surface area (Å²) in [5, 5.41) is 25.2. The Balaban J connectivity index is 2.02. The van der Waals surface area contributed by atoms with Gasteiger partial charge in [0.1, 0.15) is 17.4 Å². The van der Waals surface area contributed by atoms with Crippen molar-refractivity contribution < 1.29 is 24.1 Å². The van der Waals surface area contributed by atoms with Crippen LogP contribution in [0.5, 0.6) is 0 Å². The van der Waals surface area contributed by atoms with E-state index in [1.165, 1.54) is 23.4 Å². The van der Waals surface area contributed by atoms with E-state index in [-0.39, 0.29) is 25.3 Å². The molecule has 4 N–H and O–H groups in total. The fourth-order valence-electron chi connectivity index (χ4n) is 3.95. The van der Waals surface area contributed by atoms with Gasteiger partial charge in [-0.1, -0.05) is 43.4 Å². The molecule has 2 atom stereocenters. The maximum absolute atomic E-state index is 13.2. The molecule has 0 aliphatic carbocycles. The van der Waals surface area contributed by atoms with Crippen LogP contribution in [0.1, 0.15) is 69.8 Å². The SMILES string of the molecule is CCCCCCN(C)CNCC(=O)[C@H](CC(=O)O)NC(=O)C(CC)n1ccnc(NCc2nonc2C)c1=O. The van der Waals surface area contributed by atoms with Crippen LogP contribution in [0.2, 0.25) is 0 Å². The number of aliphatic carboxylic acids is 1. The van der Waals surface area contributed by atoms with Crippen molar-refractivity contribution in [2.75, 3.05) is 32.1 Å². The number of Topliss-reactive ketones (excluding diaryl/α,β-unsaturated/α-hetero) is 1. The van der Waals surface area contributed by atoms with Crippen LogP contribution < -0.4 is 21.5 Å². The van der Waals surface area contributed by atoms with Crippen LogP contribution in [0, 0.1) is 6.92 Å². The molecule has 1 unspecified atom stereocenters. The van der Waals surface area contributed by atoms with Gasteiger partial charge >= 0.3 is 5.97 Å². The third-order valence-electron chi connectivity index (χ3n) is 6.22. The molecule has 1 amide bonds. The summed E-state index contributed by atoms with van der Waals surface area (Å²) in [4.78, 5) is 56.6. The van der Waals surface area contributed by atoms with Gasteiger partial charge in [-0.25, -0.2) is 9.61 Å². The van der Waals surface area contributed by atoms with Crippen LogP contribution in [0.4, 0.5) is 5.82 Å². The summed E-state index contributed by atoms with van der Waals surface area (Å²) < 4.78 is 5.85. The van der Waals surface area contributed by atoms with E-state index in [9.17, 15) is 24.3 Å². The number of carbonyl (C=O) groups is 3. The van der Waals surface area contributed by atoms with Gasteiger partial charge in [0.25, 0.3) is 5.56 Å². The van der Waals surface area contributed by atoms with Gasteiger partial charge in [0, 0.05) is 19.1 Å². The summed E-state index contributed by atoms with van der Waals surface area (Å²) in [6.07, 6.45) is 6.92. The third kappa shape index (κ3) is 10.2. The molecule has 216 valence electrons. The fraction of sp³-hybridized carbons (Fsp3) is 0.640. The number of carboxylic acids is 1. The zero-order chi connectivity index (χ0) is 28.8. The minimum Gasteiger partial charge on any atom is -0.481 e. The lowest BCUT2D eigenvalue weighted by Gasteiger charge is -2.23. The highest BCUT2D eigenvalue weighted by Crippen LogP contribution is 2.12. The number of carboxylic acid groups (broad SMARTS) is 1. The van der Waals surface area contributed by atoms with Crippen LogP contribution >= 0.6 is 0 Å². The molecule has 0 aliphatic heterocycles. The van der Waals surface area contributed by atoms with Crippen molar-refractivity contribution in [2.45, 2.75) is 77.9 Å². The van der Waals surface area contributed by atoms with Crippen molar-refractivity contribution in [3.63, 3.8) is 0 Å². The Morgan fingerprint density at radius 1 is 1.18 bits per heavy atom. The Bertz CT molecular complexity index is 1130. The molecule has 2 aromatic heterocycles. The first kappa shape index (κ1) is 31.6. The topological polar surface area (TPSA) is 185 Å². The molecule has 0 aliphatic rings. The number of nitrogens with one attached hydrogen (secondary N) is 3. The summed E-state index contributed by atoms with van der Waals surface area (Å²) in [7, 11) is 1.94. The van der Waals surface area contributed by atoms with Crippen LogP contribution in [0.25, 0.3) is 0 Å². The number of aryl methyl sites for hydroxylation is 1. The summed E-state index contributed by atoms with van der Waals surface area (Å²) in [5.74, 6) is -2.32. The van der Waals surface area contributed by atoms with Gasteiger partial charge < -0.3 is 15.7 Å². The van der Waals surface area contributed by atoms with Gasteiger partial charge in [-0.15, -0.1) is 0 Å². The number of ketones is 1. The number of hydrogen-bond donors (Lipinski definition) is 4. The lowest BCUT2D eigenvalue weighted by molar-refractivity contribution is -0.140. The van der Waals surface area contributed by atoms with E-state index < -0.39 is 41.7 Å². The second-order valence-corrected chi connectivity index (χ2v) is 9.41. The molecule has 2 heterocycles. The number of aromatic nitrogens is 4. The lowest BCUT2D eigenvalue weighted by atomic mass is 10.1. The van der Waals surface area contributed by atoms with Gasteiger partial charge in [-0.05, 0) is 33.4 Å². The van der Waals surface area contributed by atoms with Crippen molar-refractivity contribution in [3.05, 3.63) is 34.1 Å². The van der Waals surface area contributed by atoms with Crippen molar-refractivity contribution in [3.8, 4) is 0 Å². The first-order valence-corrected chi connectivity index (χ1v) is 13.2. The molecule has 0 saturated heterocycles. The molecule has 0 spiro atoms. The highest BCUT2D eigenvalue weighted by molar-refractivity contribution is 5.93. The number of nitrogens with zero attached hydrogens (tertiary/aromatic N) is 5. The number of rotatable bonds is 19. The Hall–Kier alpha value is -3.65. The molecule has 0 saturated carbocycles. The summed E-state index contributed by atoms with van der Waals surface area (Å²) >= 11 is 0. The molecular weight excluding hydrogens is 508 g/mol. The molecule has 14 nitrogen and oxygen atoms in total. The number of amides is 1. The van der Waals surface area contributed by atoms with Crippen LogP contribution in [0.15, 0.2) is 21.8 Å². The molecule has 0 aromatic carbocycles. The van der Waals surface area contributed by atoms with Gasteiger partial charge in [0.05, 0.1) is 25.6 Å². The highest BCUT2D eigenvalue weighted by Gasteiger charge is 2.28. The fourth-order valence-corrected chi connectivity index (χ4v) is 3.95. The van der Waals surface area contributed by atoms with Crippen LogP contribution in [-0.2, 0) is 20.9 Å². The Kier molecular flexibility index (Phi) is 13.2. The maximum Gasteiger partial charge on any atom is 0.305 e. The molecule has 0 bridgehead atoms. The van der Waals surface area contributed by atoms with Crippen molar-refractivity contribution in [2.24, 2.45) is 0 Å². The van der Waals surface area contributed by atoms with Crippen LogP contribution in [-0.4, -0.2) is 80.4 Å². The van der Waals surface area contributed by atoms with E-state index in [2.05, 4.69) is 42.8 Å². The van der Waals surface area contributed by atoms with Crippen molar-refractivity contribution >= 4 is 23.5 Å². The minimum absolute atomic E-state index is 0.00711. The van der Waals surface area contributed by atoms with Gasteiger partial charge in [0.15, 0.2) is 11.6 Å². The zero-order valence-electron chi connectivity index (χ0n) is 23.1. The monoisotopic (exact) mass is 548 g/mol. The third-order valence-corrected chi connectivity index (χ3v) is 6.22. The standard InChI is InChI=1S/C25H40N8O6/c1-5-7-8-9-11-32(4)16-26-15-21(34)18(13-22(35)36)29-24(37)20(6-2)33-12-10-27-23(25(33)38)28-14-19-17(3)30-39-31-19/h10,12,18,20,26H,5-9,11,13-16H2,1-4H3,(H,27,28)(H,29,37)(H,35,36)/t18-,20?/m0/s1. The largest absolute Gasteiger partial charge is 0.481 e. The Labute approximate surface area is 227 Å². The average molecular weight is 549 g/mol. The molecule has 39 heavy (non-hydrogen) atoms. The smallest absolute Gasteiger partial charge is 0.305 e. The maximum atomic E-state index is 13.2. The summed E-state index contributed by atoms with van der Waals surface area (Å²) in [6.45, 7) is 6.93. The van der Waals surface area contributed by atoms with Gasteiger partial charge in [-0.2, -0.15) is 0 Å². The molecule has 0 fully saturated rings. The minimum atomic E-state index is -1.25. The summed E-state index contributed by atoms with van der Waals surface area (Å²) in [6, 6.07) is -2.23. The highest BCUT2D eigenvalue weighted by atomic mass is 16.6. The molecule has 0 radical (unpaired) electrons. The van der Waals surface area contributed by atoms with E-state index >= 15 is 0 Å². The normalized spacial score (nSPS) is 12.7. The predicted molar refractivity (Wildman–Crippen MR) is 143 cm³/mol. The predicted octanol–water partition coefficient (Wildman–Crippen LogP) is 1.09. The second-order valence-electron chi connectivity index (χ2n) is 9.41. The zero-order valence-corrected chi connectivity index (χ0v) is 23.1. The van der Waals surface area contributed by atoms with Crippen molar-refractivity contribution in [1.29, 1.82) is 0 Å². The molecule has 2 rings (SSSR count).